The third-order valence-electron chi connectivity index (χ3n) is 3.54. The number of nitrogens with zero attached hydrogens (tertiary/aromatic N) is 2. The molecule has 2 rings (SSSR count). The van der Waals surface area contributed by atoms with E-state index >= 15 is 0 Å². The first kappa shape index (κ1) is 14.9. The highest BCUT2D eigenvalue weighted by Crippen LogP contribution is 2.16. The molecule has 0 aromatic rings. The first-order chi connectivity index (χ1) is 8.30. The van der Waals surface area contributed by atoms with Crippen LogP contribution in [0.25, 0.3) is 0 Å². The van der Waals surface area contributed by atoms with E-state index in [1.54, 1.807) is 0 Å². The third-order valence-corrected chi connectivity index (χ3v) is 3.54. The van der Waals surface area contributed by atoms with Crippen LogP contribution in [0.5, 0.6) is 0 Å². The Bertz CT molecular complexity index is 178. The molecule has 0 aromatic heterocycles. The molecular weight excluding hydrogens is 210 g/mol. The first-order valence-corrected chi connectivity index (χ1v) is 7.45. The van der Waals surface area contributed by atoms with Gasteiger partial charge in [-0.1, -0.05) is 27.2 Å². The molecule has 0 aliphatic carbocycles. The van der Waals surface area contributed by atoms with Crippen LogP contribution in [0.3, 0.4) is 0 Å². The van der Waals surface area contributed by atoms with Gasteiger partial charge in [0.2, 0.25) is 0 Å². The molecule has 0 spiro atoms. The lowest BCUT2D eigenvalue weighted by atomic mass is 10.1. The molecule has 2 aliphatic rings. The normalized spacial score (nSPS) is 26.6. The first-order valence-electron chi connectivity index (χ1n) is 7.45. The van der Waals surface area contributed by atoms with Crippen LogP contribution in [0.4, 0.5) is 0 Å². The summed E-state index contributed by atoms with van der Waals surface area (Å²) in [5, 5.41) is 3.41. The van der Waals surface area contributed by atoms with Crippen LogP contribution in [0.2, 0.25) is 0 Å². The van der Waals surface area contributed by atoms with Gasteiger partial charge in [-0.3, -0.25) is 0 Å². The second-order valence-electron chi connectivity index (χ2n) is 5.31. The smallest absolute Gasteiger partial charge is 0.0107 e. The van der Waals surface area contributed by atoms with E-state index in [1.807, 2.05) is 0 Å². The molecule has 102 valence electrons. The summed E-state index contributed by atoms with van der Waals surface area (Å²) in [6.07, 6.45) is 2.66. The van der Waals surface area contributed by atoms with Gasteiger partial charge in [0.15, 0.2) is 0 Å². The van der Waals surface area contributed by atoms with Gasteiger partial charge in [-0.25, -0.2) is 0 Å². The molecule has 0 amide bonds. The molecule has 2 saturated heterocycles. The highest BCUT2D eigenvalue weighted by atomic mass is 15.2. The van der Waals surface area contributed by atoms with Gasteiger partial charge in [-0.2, -0.15) is 0 Å². The summed E-state index contributed by atoms with van der Waals surface area (Å²) in [5.74, 6) is 0.938. The molecule has 1 unspecified atom stereocenters. The van der Waals surface area contributed by atoms with Gasteiger partial charge in [-0.05, 0) is 25.4 Å². The fraction of sp³-hybridized carbons (Fsp3) is 1.00. The maximum Gasteiger partial charge on any atom is 0.0107 e. The Labute approximate surface area is 108 Å². The van der Waals surface area contributed by atoms with Gasteiger partial charge in [0.25, 0.3) is 0 Å². The predicted octanol–water partition coefficient (Wildman–Crippen LogP) is 1.65. The average molecular weight is 241 g/mol. The van der Waals surface area contributed by atoms with Crippen molar-refractivity contribution in [3.8, 4) is 0 Å². The van der Waals surface area contributed by atoms with Crippen molar-refractivity contribution in [3.63, 3.8) is 0 Å². The van der Waals surface area contributed by atoms with Gasteiger partial charge in [0.1, 0.15) is 0 Å². The maximum atomic E-state index is 3.41. The van der Waals surface area contributed by atoms with Gasteiger partial charge >= 0.3 is 0 Å². The number of nitrogens with one attached hydrogen (secondary N) is 1. The lowest BCUT2D eigenvalue weighted by Gasteiger charge is -2.29. The molecule has 0 aromatic carbocycles. The second kappa shape index (κ2) is 8.90. The Balaban J connectivity index is 0.000000437. The molecule has 1 atom stereocenters. The molecule has 2 fully saturated rings. The molecule has 0 radical (unpaired) electrons. The molecule has 17 heavy (non-hydrogen) atoms. The summed E-state index contributed by atoms with van der Waals surface area (Å²) >= 11 is 0. The Hall–Kier alpha value is -0.120. The van der Waals surface area contributed by atoms with Crippen LogP contribution >= 0.6 is 0 Å². The van der Waals surface area contributed by atoms with Crippen molar-refractivity contribution in [2.45, 2.75) is 33.6 Å². The summed E-state index contributed by atoms with van der Waals surface area (Å²) in [5.41, 5.74) is 0. The number of hydrogen-bond acceptors (Lipinski definition) is 3. The lowest BCUT2D eigenvalue weighted by molar-refractivity contribution is 0.204. The summed E-state index contributed by atoms with van der Waals surface area (Å²) < 4.78 is 0. The monoisotopic (exact) mass is 241 g/mol. The van der Waals surface area contributed by atoms with Crippen LogP contribution in [-0.2, 0) is 0 Å². The summed E-state index contributed by atoms with van der Waals surface area (Å²) in [6.45, 7) is 16.6. The summed E-state index contributed by atoms with van der Waals surface area (Å²) in [4.78, 5) is 5.20. The van der Waals surface area contributed by atoms with Gasteiger partial charge in [0.05, 0.1) is 0 Å². The van der Waals surface area contributed by atoms with Gasteiger partial charge < -0.3 is 15.1 Å². The average Bonchev–Trinajstić information content (AvgIpc) is 2.79. The largest absolute Gasteiger partial charge is 0.314 e. The zero-order valence-electron chi connectivity index (χ0n) is 12.0. The number of piperazine rings is 1. The van der Waals surface area contributed by atoms with Crippen molar-refractivity contribution in [1.29, 1.82) is 0 Å². The molecule has 0 bridgehead atoms. The SMILES string of the molecule is CCC.CCN1CCC(CN2CCNCC2)C1. The van der Waals surface area contributed by atoms with E-state index in [1.165, 1.54) is 65.2 Å². The lowest BCUT2D eigenvalue weighted by Crippen LogP contribution is -2.45. The predicted molar refractivity (Wildman–Crippen MR) is 75.5 cm³/mol. The molecule has 3 nitrogen and oxygen atoms in total. The number of hydrogen-bond donors (Lipinski definition) is 1. The van der Waals surface area contributed by atoms with E-state index in [-0.39, 0.29) is 0 Å². The Kier molecular flexibility index (Phi) is 7.82. The molecule has 2 aliphatic heterocycles. The van der Waals surface area contributed by atoms with E-state index in [0.717, 1.165) is 5.92 Å². The van der Waals surface area contributed by atoms with E-state index < -0.39 is 0 Å². The number of likely N-dealkylation sites (tertiary alicyclic amines) is 1. The minimum absolute atomic E-state index is 0.938. The van der Waals surface area contributed by atoms with E-state index in [4.69, 9.17) is 0 Å². The fourth-order valence-corrected chi connectivity index (χ4v) is 2.61. The minimum atomic E-state index is 0.938. The van der Waals surface area contributed by atoms with Crippen LogP contribution < -0.4 is 5.32 Å². The van der Waals surface area contributed by atoms with Crippen molar-refractivity contribution in [3.05, 3.63) is 0 Å². The molecule has 2 heterocycles. The summed E-state index contributed by atoms with van der Waals surface area (Å²) in [7, 11) is 0. The van der Waals surface area contributed by atoms with Crippen LogP contribution in [0, 0.1) is 5.92 Å². The zero-order valence-corrected chi connectivity index (χ0v) is 12.0. The molecule has 1 N–H and O–H groups in total. The topological polar surface area (TPSA) is 18.5 Å². The Morgan fingerprint density at radius 2 is 1.65 bits per heavy atom. The summed E-state index contributed by atoms with van der Waals surface area (Å²) in [6, 6.07) is 0. The van der Waals surface area contributed by atoms with Gasteiger partial charge in [-0.15, -0.1) is 0 Å². The zero-order chi connectivity index (χ0) is 12.5. The van der Waals surface area contributed by atoms with Crippen molar-refractivity contribution < 1.29 is 0 Å². The van der Waals surface area contributed by atoms with E-state index in [9.17, 15) is 0 Å². The van der Waals surface area contributed by atoms with E-state index in [2.05, 4.69) is 35.9 Å². The van der Waals surface area contributed by atoms with Crippen molar-refractivity contribution >= 4 is 0 Å². The Morgan fingerprint density at radius 3 is 2.18 bits per heavy atom. The standard InChI is InChI=1S/C11H23N3.C3H8/c1-2-13-6-3-11(9-13)10-14-7-4-12-5-8-14;1-3-2/h11-12H,2-10H2,1H3;3H2,1-2H3. The van der Waals surface area contributed by atoms with E-state index in [0.29, 0.717) is 0 Å². The Morgan fingerprint density at radius 1 is 1.00 bits per heavy atom. The van der Waals surface area contributed by atoms with Crippen molar-refractivity contribution in [2.75, 3.05) is 52.4 Å². The third kappa shape index (κ3) is 5.84. The van der Waals surface area contributed by atoms with Crippen molar-refractivity contribution in [2.24, 2.45) is 5.92 Å². The second-order valence-corrected chi connectivity index (χ2v) is 5.31. The van der Waals surface area contributed by atoms with Crippen LogP contribution in [-0.4, -0.2) is 62.2 Å². The van der Waals surface area contributed by atoms with Crippen LogP contribution in [0.15, 0.2) is 0 Å². The molecular formula is C14H31N3. The highest BCUT2D eigenvalue weighted by Gasteiger charge is 2.23. The molecule has 3 heteroatoms. The minimum Gasteiger partial charge on any atom is -0.314 e. The number of rotatable bonds is 3. The molecule has 0 saturated carbocycles. The quantitative estimate of drug-likeness (QED) is 0.810. The maximum absolute atomic E-state index is 3.41. The van der Waals surface area contributed by atoms with Gasteiger partial charge in [0, 0.05) is 39.3 Å². The van der Waals surface area contributed by atoms with Crippen molar-refractivity contribution in [1.82, 2.24) is 15.1 Å². The fourth-order valence-electron chi connectivity index (χ4n) is 2.61. The van der Waals surface area contributed by atoms with Crippen LogP contribution in [0.1, 0.15) is 33.6 Å². The highest BCUT2D eigenvalue weighted by molar-refractivity contribution is 4.79.